The fraction of sp³-hybridized carbons (Fsp3) is 0.133. The highest BCUT2D eigenvalue weighted by atomic mass is 32.2. The summed E-state index contributed by atoms with van der Waals surface area (Å²) >= 11 is 1.44. The van der Waals surface area contributed by atoms with Crippen LogP contribution in [0.2, 0.25) is 0 Å². The maximum atomic E-state index is 12.0. The van der Waals surface area contributed by atoms with Crippen molar-refractivity contribution in [3.05, 3.63) is 54.2 Å². The van der Waals surface area contributed by atoms with Crippen molar-refractivity contribution in [2.45, 2.75) is 6.92 Å². The lowest BCUT2D eigenvalue weighted by molar-refractivity contribution is -0.115. The normalized spacial score (nSPS) is 16.9. The van der Waals surface area contributed by atoms with Crippen LogP contribution in [0.5, 0.6) is 0 Å². The largest absolute Gasteiger partial charge is 0.273 e. The fourth-order valence-corrected chi connectivity index (χ4v) is 2.76. The summed E-state index contributed by atoms with van der Waals surface area (Å²) in [6.07, 6.45) is 1.68. The molecular formula is C15H13N3OS. The lowest BCUT2D eigenvalue weighted by atomic mass is 10.2. The lowest BCUT2D eigenvalue weighted by Crippen LogP contribution is -2.29. The number of hydrogen-bond donors (Lipinski definition) is 0. The molecule has 0 unspecified atom stereocenters. The van der Waals surface area contributed by atoms with Crippen molar-refractivity contribution in [2.75, 3.05) is 10.7 Å². The summed E-state index contributed by atoms with van der Waals surface area (Å²) in [6.45, 7) is 2.03. The first-order valence-electron chi connectivity index (χ1n) is 6.26. The van der Waals surface area contributed by atoms with Crippen molar-refractivity contribution in [3.63, 3.8) is 0 Å². The van der Waals surface area contributed by atoms with Crippen LogP contribution < -0.4 is 4.90 Å². The topological polar surface area (TPSA) is 45.6 Å². The summed E-state index contributed by atoms with van der Waals surface area (Å²) in [5, 5.41) is 0.678. The second-order valence-electron chi connectivity index (χ2n) is 4.44. The summed E-state index contributed by atoms with van der Waals surface area (Å²) in [5.74, 6) is 1.04. The van der Waals surface area contributed by atoms with Gasteiger partial charge in [0.1, 0.15) is 5.82 Å². The van der Waals surface area contributed by atoms with Crippen molar-refractivity contribution >= 4 is 34.3 Å². The molecule has 0 aliphatic carbocycles. The molecule has 1 aliphatic heterocycles. The molecule has 1 saturated heterocycles. The average molecular weight is 283 g/mol. The van der Waals surface area contributed by atoms with E-state index >= 15 is 0 Å². The summed E-state index contributed by atoms with van der Waals surface area (Å²) in [5.41, 5.74) is 2.03. The first kappa shape index (κ1) is 12.9. The molecule has 100 valence electrons. The van der Waals surface area contributed by atoms with Crippen LogP contribution in [0, 0.1) is 6.92 Å². The molecule has 0 bridgehead atoms. The molecule has 0 N–H and O–H groups in total. The number of pyridine rings is 1. The van der Waals surface area contributed by atoms with Crippen LogP contribution in [-0.2, 0) is 4.79 Å². The van der Waals surface area contributed by atoms with E-state index in [1.54, 1.807) is 11.1 Å². The Morgan fingerprint density at radius 2 is 2.00 bits per heavy atom. The lowest BCUT2D eigenvalue weighted by Gasteiger charge is -2.14. The monoisotopic (exact) mass is 283 g/mol. The third kappa shape index (κ3) is 2.58. The molecule has 0 spiro atoms. The van der Waals surface area contributed by atoms with E-state index in [0.717, 1.165) is 5.69 Å². The standard InChI is InChI=1S/C15H13N3OS/c1-11-5-7-12(8-6-11)17-15-18(14(19)10-20-15)13-4-2-3-9-16-13/h2-9H,10H2,1H3. The maximum absolute atomic E-state index is 12.0. The molecule has 1 aromatic carbocycles. The molecule has 2 aromatic rings. The van der Waals surface area contributed by atoms with E-state index in [9.17, 15) is 4.79 Å². The van der Waals surface area contributed by atoms with Crippen LogP contribution in [0.4, 0.5) is 11.5 Å². The molecule has 0 atom stereocenters. The number of benzene rings is 1. The number of carbonyl (C=O) groups is 1. The molecule has 5 heteroatoms. The predicted octanol–water partition coefficient (Wildman–Crippen LogP) is 3.16. The van der Waals surface area contributed by atoms with Crippen molar-refractivity contribution in [3.8, 4) is 0 Å². The quantitative estimate of drug-likeness (QED) is 0.850. The van der Waals surface area contributed by atoms with Crippen molar-refractivity contribution in [2.24, 2.45) is 4.99 Å². The van der Waals surface area contributed by atoms with Crippen LogP contribution in [0.3, 0.4) is 0 Å². The van der Waals surface area contributed by atoms with Gasteiger partial charge in [-0.25, -0.2) is 14.9 Å². The Kier molecular flexibility index (Phi) is 3.52. The average Bonchev–Trinajstić information content (AvgIpc) is 2.83. The first-order chi connectivity index (χ1) is 9.74. The van der Waals surface area contributed by atoms with Gasteiger partial charge < -0.3 is 0 Å². The number of carbonyl (C=O) groups excluding carboxylic acids is 1. The number of amidine groups is 1. The molecule has 0 radical (unpaired) electrons. The van der Waals surface area contributed by atoms with Crippen LogP contribution >= 0.6 is 11.8 Å². The number of rotatable bonds is 2. The molecule has 1 fully saturated rings. The van der Waals surface area contributed by atoms with Crippen LogP contribution in [0.1, 0.15) is 5.56 Å². The zero-order valence-electron chi connectivity index (χ0n) is 11.0. The van der Waals surface area contributed by atoms with Gasteiger partial charge in [0.05, 0.1) is 11.4 Å². The molecule has 2 heterocycles. The molecule has 0 saturated carbocycles. The van der Waals surface area contributed by atoms with E-state index in [2.05, 4.69) is 9.98 Å². The number of thioether (sulfide) groups is 1. The highest BCUT2D eigenvalue weighted by Crippen LogP contribution is 2.27. The number of nitrogens with zero attached hydrogens (tertiary/aromatic N) is 3. The number of anilines is 1. The van der Waals surface area contributed by atoms with Crippen LogP contribution in [0.15, 0.2) is 53.7 Å². The van der Waals surface area contributed by atoms with E-state index in [4.69, 9.17) is 0 Å². The second-order valence-corrected chi connectivity index (χ2v) is 5.38. The molecular weight excluding hydrogens is 270 g/mol. The smallest absolute Gasteiger partial charge is 0.244 e. The summed E-state index contributed by atoms with van der Waals surface area (Å²) in [4.78, 5) is 22.4. The highest BCUT2D eigenvalue weighted by Gasteiger charge is 2.30. The first-order valence-corrected chi connectivity index (χ1v) is 7.25. The zero-order valence-corrected chi connectivity index (χ0v) is 11.8. The Hall–Kier alpha value is -2.14. The Bertz CT molecular complexity index is 653. The Balaban J connectivity index is 1.96. The summed E-state index contributed by atoms with van der Waals surface area (Å²) in [7, 11) is 0. The number of aliphatic imine (C=N–C) groups is 1. The van der Waals surface area contributed by atoms with Crippen molar-refractivity contribution < 1.29 is 4.79 Å². The summed E-state index contributed by atoms with van der Waals surface area (Å²) < 4.78 is 0. The van der Waals surface area contributed by atoms with Crippen LogP contribution in [0.25, 0.3) is 0 Å². The van der Waals surface area contributed by atoms with Gasteiger partial charge in [0.15, 0.2) is 5.17 Å². The third-order valence-electron chi connectivity index (χ3n) is 2.90. The Labute approximate surface area is 121 Å². The van der Waals surface area contributed by atoms with Gasteiger partial charge in [-0.15, -0.1) is 0 Å². The molecule has 4 nitrogen and oxygen atoms in total. The minimum absolute atomic E-state index is 0.0135. The second kappa shape index (κ2) is 5.46. The molecule has 1 aliphatic rings. The van der Waals surface area contributed by atoms with E-state index < -0.39 is 0 Å². The highest BCUT2D eigenvalue weighted by molar-refractivity contribution is 8.15. The maximum Gasteiger partial charge on any atom is 0.244 e. The van der Waals surface area contributed by atoms with Crippen molar-refractivity contribution in [1.82, 2.24) is 4.98 Å². The van der Waals surface area contributed by atoms with Gasteiger partial charge in [-0.05, 0) is 31.2 Å². The van der Waals surface area contributed by atoms with Gasteiger partial charge in [-0.1, -0.05) is 35.5 Å². The zero-order chi connectivity index (χ0) is 13.9. The molecule has 3 rings (SSSR count). The van der Waals surface area contributed by atoms with Gasteiger partial charge >= 0.3 is 0 Å². The van der Waals surface area contributed by atoms with E-state index in [-0.39, 0.29) is 5.91 Å². The molecule has 20 heavy (non-hydrogen) atoms. The van der Waals surface area contributed by atoms with Gasteiger partial charge in [0.2, 0.25) is 5.91 Å². The fourth-order valence-electron chi connectivity index (χ4n) is 1.89. The van der Waals surface area contributed by atoms with Crippen molar-refractivity contribution in [1.29, 1.82) is 0 Å². The molecule has 1 amide bonds. The minimum Gasteiger partial charge on any atom is -0.273 e. The molecule has 1 aromatic heterocycles. The van der Waals surface area contributed by atoms with Gasteiger partial charge in [0.25, 0.3) is 0 Å². The Morgan fingerprint density at radius 3 is 2.70 bits per heavy atom. The van der Waals surface area contributed by atoms with Crippen LogP contribution in [-0.4, -0.2) is 21.8 Å². The SMILES string of the molecule is Cc1ccc(N=C2SCC(=O)N2c2ccccn2)cc1. The summed E-state index contributed by atoms with van der Waals surface area (Å²) in [6, 6.07) is 13.4. The third-order valence-corrected chi connectivity index (χ3v) is 3.83. The number of amides is 1. The predicted molar refractivity (Wildman–Crippen MR) is 82.5 cm³/mol. The van der Waals surface area contributed by atoms with Gasteiger partial charge in [0, 0.05) is 6.20 Å². The number of aryl methyl sites for hydroxylation is 1. The van der Waals surface area contributed by atoms with E-state index in [1.165, 1.54) is 17.3 Å². The number of hydrogen-bond acceptors (Lipinski definition) is 4. The van der Waals surface area contributed by atoms with Gasteiger partial charge in [-0.2, -0.15) is 0 Å². The Morgan fingerprint density at radius 1 is 1.20 bits per heavy atom. The van der Waals surface area contributed by atoms with Gasteiger partial charge in [-0.3, -0.25) is 4.79 Å². The minimum atomic E-state index is 0.0135. The number of aromatic nitrogens is 1. The van der Waals surface area contributed by atoms with E-state index in [0.29, 0.717) is 16.7 Å². The van der Waals surface area contributed by atoms with E-state index in [1.807, 2.05) is 49.4 Å².